The molecule has 5 nitrogen and oxygen atoms in total. The van der Waals surface area contributed by atoms with Crippen LogP contribution in [0.4, 0.5) is 5.69 Å². The zero-order valence-corrected chi connectivity index (χ0v) is 11.6. The molecule has 1 aliphatic heterocycles. The average Bonchev–Trinajstić information content (AvgIpc) is 2.69. The van der Waals surface area contributed by atoms with Gasteiger partial charge < -0.3 is 14.4 Å². The molecule has 0 bridgehead atoms. The molecule has 1 atom stereocenters. The summed E-state index contributed by atoms with van der Waals surface area (Å²) < 4.78 is 9.90. The van der Waals surface area contributed by atoms with Gasteiger partial charge in [0.05, 0.1) is 14.2 Å². The summed E-state index contributed by atoms with van der Waals surface area (Å²) in [5, 5.41) is 0. The van der Waals surface area contributed by atoms with Crippen molar-refractivity contribution in [2.45, 2.75) is 5.54 Å². The van der Waals surface area contributed by atoms with Gasteiger partial charge in [-0.1, -0.05) is 6.58 Å². The number of ether oxygens (including phenoxy) is 2. The Balaban J connectivity index is 2.68. The molecule has 0 saturated carbocycles. The van der Waals surface area contributed by atoms with E-state index in [2.05, 4.69) is 12.3 Å². The van der Waals surface area contributed by atoms with Gasteiger partial charge in [0.1, 0.15) is 5.75 Å². The summed E-state index contributed by atoms with van der Waals surface area (Å²) in [6.45, 7) is 3.46. The van der Waals surface area contributed by atoms with E-state index in [0.717, 1.165) is 0 Å². The SMILES string of the molecule is C=C=CC1(C(=O)OC)C(=O)c2cc(OC)ccc2N1C. The minimum absolute atomic E-state index is 0.378. The Morgan fingerprint density at radius 3 is 2.70 bits per heavy atom. The van der Waals surface area contributed by atoms with Crippen molar-refractivity contribution in [3.63, 3.8) is 0 Å². The minimum Gasteiger partial charge on any atom is -0.497 e. The highest BCUT2D eigenvalue weighted by molar-refractivity contribution is 6.26. The predicted molar refractivity (Wildman–Crippen MR) is 74.2 cm³/mol. The van der Waals surface area contributed by atoms with Crippen LogP contribution >= 0.6 is 0 Å². The summed E-state index contributed by atoms with van der Waals surface area (Å²) in [6, 6.07) is 5.07. The molecule has 1 unspecified atom stereocenters. The number of rotatable bonds is 3. The lowest BCUT2D eigenvalue weighted by Gasteiger charge is -2.29. The number of Topliss-reactive ketones (excluding diaryl/α,β-unsaturated/α-hetero) is 1. The van der Waals surface area contributed by atoms with Gasteiger partial charge >= 0.3 is 5.97 Å². The number of carbonyl (C=O) groups excluding carboxylic acids is 2. The zero-order chi connectivity index (χ0) is 14.9. The van der Waals surface area contributed by atoms with Crippen molar-refractivity contribution < 1.29 is 19.1 Å². The molecular weight excluding hydrogens is 258 g/mol. The monoisotopic (exact) mass is 273 g/mol. The Kier molecular flexibility index (Phi) is 3.38. The molecule has 5 heteroatoms. The van der Waals surface area contributed by atoms with E-state index in [-0.39, 0.29) is 5.78 Å². The lowest BCUT2D eigenvalue weighted by Crippen LogP contribution is -2.54. The quantitative estimate of drug-likeness (QED) is 0.475. The smallest absolute Gasteiger partial charge is 0.344 e. The van der Waals surface area contributed by atoms with Gasteiger partial charge in [-0.25, -0.2) is 4.79 Å². The van der Waals surface area contributed by atoms with Crippen LogP contribution in [0, 0.1) is 0 Å². The van der Waals surface area contributed by atoms with Crippen LogP contribution in [0.25, 0.3) is 0 Å². The van der Waals surface area contributed by atoms with Crippen molar-refractivity contribution in [1.82, 2.24) is 0 Å². The van der Waals surface area contributed by atoms with Crippen molar-refractivity contribution in [2.24, 2.45) is 0 Å². The van der Waals surface area contributed by atoms with E-state index >= 15 is 0 Å². The first-order valence-electron chi connectivity index (χ1n) is 5.95. The van der Waals surface area contributed by atoms with E-state index in [1.165, 1.54) is 20.3 Å². The number of fused-ring (bicyclic) bond motifs is 1. The third-order valence-corrected chi connectivity index (χ3v) is 3.49. The topological polar surface area (TPSA) is 55.8 Å². The van der Waals surface area contributed by atoms with Crippen LogP contribution in [0.15, 0.2) is 36.6 Å². The Morgan fingerprint density at radius 1 is 1.45 bits per heavy atom. The van der Waals surface area contributed by atoms with Crippen LogP contribution < -0.4 is 9.64 Å². The Bertz CT molecular complexity index is 631. The molecule has 2 rings (SSSR count). The van der Waals surface area contributed by atoms with Crippen molar-refractivity contribution in [2.75, 3.05) is 26.2 Å². The fourth-order valence-electron chi connectivity index (χ4n) is 2.42. The molecule has 0 spiro atoms. The number of hydrogen-bond donors (Lipinski definition) is 0. The van der Waals surface area contributed by atoms with Gasteiger partial charge in [0.2, 0.25) is 11.3 Å². The average molecular weight is 273 g/mol. The number of carbonyl (C=O) groups is 2. The van der Waals surface area contributed by atoms with Crippen molar-refractivity contribution >= 4 is 17.4 Å². The molecule has 0 N–H and O–H groups in total. The molecule has 0 saturated heterocycles. The maximum Gasteiger partial charge on any atom is 0.344 e. The van der Waals surface area contributed by atoms with E-state index in [0.29, 0.717) is 17.0 Å². The van der Waals surface area contributed by atoms with Gasteiger partial charge in [-0.3, -0.25) is 4.79 Å². The van der Waals surface area contributed by atoms with Crippen LogP contribution in [0.2, 0.25) is 0 Å². The molecule has 104 valence electrons. The Morgan fingerprint density at radius 2 is 2.15 bits per heavy atom. The Labute approximate surface area is 117 Å². The fraction of sp³-hybridized carbons (Fsp3) is 0.267. The lowest BCUT2D eigenvalue weighted by atomic mass is 9.92. The summed E-state index contributed by atoms with van der Waals surface area (Å²) in [5.41, 5.74) is 2.01. The molecule has 0 amide bonds. The number of methoxy groups -OCH3 is 2. The molecule has 0 radical (unpaired) electrons. The second-order valence-corrected chi connectivity index (χ2v) is 4.38. The highest BCUT2D eigenvalue weighted by Crippen LogP contribution is 2.40. The normalized spacial score (nSPS) is 20.1. The minimum atomic E-state index is -1.55. The third-order valence-electron chi connectivity index (χ3n) is 3.49. The largest absolute Gasteiger partial charge is 0.497 e. The maximum atomic E-state index is 12.7. The number of likely N-dealkylation sites (N-methyl/N-ethyl adjacent to an activating group) is 1. The van der Waals surface area contributed by atoms with Crippen molar-refractivity contribution in [3.05, 3.63) is 42.1 Å². The molecule has 0 fully saturated rings. The van der Waals surface area contributed by atoms with Gasteiger partial charge in [0.25, 0.3) is 0 Å². The van der Waals surface area contributed by atoms with E-state index in [1.54, 1.807) is 30.1 Å². The van der Waals surface area contributed by atoms with E-state index in [1.807, 2.05) is 0 Å². The molecule has 1 aromatic rings. The molecule has 0 aromatic heterocycles. The second kappa shape index (κ2) is 4.87. The highest BCUT2D eigenvalue weighted by atomic mass is 16.5. The Hall–Kier alpha value is -2.52. The fourth-order valence-corrected chi connectivity index (χ4v) is 2.42. The first-order chi connectivity index (χ1) is 9.52. The summed E-state index contributed by atoms with van der Waals surface area (Å²) in [5.74, 6) is -0.498. The van der Waals surface area contributed by atoms with Crippen LogP contribution in [0.5, 0.6) is 5.75 Å². The summed E-state index contributed by atoms with van der Waals surface area (Å²) in [7, 11) is 4.41. The van der Waals surface area contributed by atoms with E-state index in [9.17, 15) is 9.59 Å². The molecule has 1 aliphatic rings. The van der Waals surface area contributed by atoms with Crippen molar-refractivity contribution in [3.8, 4) is 5.75 Å². The van der Waals surface area contributed by atoms with Crippen LogP contribution in [-0.4, -0.2) is 38.6 Å². The van der Waals surface area contributed by atoms with Crippen LogP contribution in [-0.2, 0) is 9.53 Å². The lowest BCUT2D eigenvalue weighted by molar-refractivity contribution is -0.143. The van der Waals surface area contributed by atoms with Crippen LogP contribution in [0.3, 0.4) is 0 Å². The van der Waals surface area contributed by atoms with Crippen LogP contribution in [0.1, 0.15) is 10.4 Å². The number of hydrogen-bond acceptors (Lipinski definition) is 5. The van der Waals surface area contributed by atoms with Crippen molar-refractivity contribution in [1.29, 1.82) is 0 Å². The molecule has 20 heavy (non-hydrogen) atoms. The molecule has 1 heterocycles. The van der Waals surface area contributed by atoms with Gasteiger partial charge in [-0.15, -0.1) is 5.73 Å². The summed E-state index contributed by atoms with van der Waals surface area (Å²) in [6.07, 6.45) is 1.33. The number of benzene rings is 1. The van der Waals surface area contributed by atoms with E-state index in [4.69, 9.17) is 9.47 Å². The number of nitrogens with zero attached hydrogens (tertiary/aromatic N) is 1. The molecule has 1 aromatic carbocycles. The molecular formula is C15H15NO4. The second-order valence-electron chi connectivity index (χ2n) is 4.38. The molecule has 0 aliphatic carbocycles. The van der Waals surface area contributed by atoms with Gasteiger partial charge in [0, 0.05) is 24.4 Å². The number of anilines is 1. The van der Waals surface area contributed by atoms with Gasteiger partial charge in [0.15, 0.2) is 0 Å². The first kappa shape index (κ1) is 13.9. The predicted octanol–water partition coefficient (Wildman–Crippen LogP) is 1.58. The summed E-state index contributed by atoms with van der Waals surface area (Å²) in [4.78, 5) is 26.4. The number of ketones is 1. The summed E-state index contributed by atoms with van der Waals surface area (Å²) >= 11 is 0. The highest BCUT2D eigenvalue weighted by Gasteiger charge is 2.55. The number of esters is 1. The van der Waals surface area contributed by atoms with Gasteiger partial charge in [-0.2, -0.15) is 0 Å². The first-order valence-corrected chi connectivity index (χ1v) is 5.95. The standard InChI is InChI=1S/C15H15NO4/c1-5-8-15(14(18)20-4)13(17)11-9-10(19-3)6-7-12(11)16(15)2/h6-9H,1H2,2-4H3. The maximum absolute atomic E-state index is 12.7. The zero-order valence-electron chi connectivity index (χ0n) is 11.6. The van der Waals surface area contributed by atoms with E-state index < -0.39 is 11.5 Å². The third kappa shape index (κ3) is 1.64. The van der Waals surface area contributed by atoms with Gasteiger partial charge in [-0.05, 0) is 18.2 Å².